The first-order valence-corrected chi connectivity index (χ1v) is 6.41. The third kappa shape index (κ3) is 2.09. The molecule has 0 aliphatic carbocycles. The minimum atomic E-state index is -1.03. The van der Waals surface area contributed by atoms with E-state index in [9.17, 15) is 14.7 Å². The fourth-order valence-corrected chi connectivity index (χ4v) is 2.61. The third-order valence-corrected chi connectivity index (χ3v) is 4.04. The normalized spacial score (nSPS) is 28.2. The second-order valence-corrected chi connectivity index (χ2v) is 5.36. The van der Waals surface area contributed by atoms with Crippen LogP contribution in [0.1, 0.15) is 33.1 Å². The maximum atomic E-state index is 12.4. The van der Waals surface area contributed by atoms with E-state index in [0.29, 0.717) is 26.1 Å². The number of carboxylic acid groups (broad SMARTS) is 1. The zero-order valence-electron chi connectivity index (χ0n) is 11.0. The van der Waals surface area contributed by atoms with Gasteiger partial charge in [-0.1, -0.05) is 11.6 Å². The van der Waals surface area contributed by atoms with Gasteiger partial charge >= 0.3 is 12.0 Å². The van der Waals surface area contributed by atoms with Gasteiger partial charge < -0.3 is 14.9 Å². The van der Waals surface area contributed by atoms with Gasteiger partial charge in [-0.2, -0.15) is 0 Å². The highest BCUT2D eigenvalue weighted by Crippen LogP contribution is 2.30. The molecular formula is C13H20N2O3. The first kappa shape index (κ1) is 12.9. The maximum Gasteiger partial charge on any atom is 0.329 e. The maximum absolute atomic E-state index is 12.4. The lowest BCUT2D eigenvalue weighted by Crippen LogP contribution is -2.55. The minimum Gasteiger partial charge on any atom is -0.480 e. The molecule has 2 aliphatic rings. The fourth-order valence-electron chi connectivity index (χ4n) is 2.61. The Morgan fingerprint density at radius 2 is 2.11 bits per heavy atom. The summed E-state index contributed by atoms with van der Waals surface area (Å²) in [5.41, 5.74) is 0.259. The molecule has 1 atom stereocenters. The summed E-state index contributed by atoms with van der Waals surface area (Å²) in [4.78, 5) is 27.0. The van der Waals surface area contributed by atoms with Gasteiger partial charge in [-0.3, -0.25) is 0 Å². The summed E-state index contributed by atoms with van der Waals surface area (Å²) in [5, 5.41) is 9.31. The molecule has 2 rings (SSSR count). The van der Waals surface area contributed by atoms with Gasteiger partial charge in [0.2, 0.25) is 0 Å². The molecule has 0 spiro atoms. The molecule has 0 aromatic rings. The molecule has 18 heavy (non-hydrogen) atoms. The van der Waals surface area contributed by atoms with E-state index in [1.54, 1.807) is 11.8 Å². The Balaban J connectivity index is 2.12. The van der Waals surface area contributed by atoms with Gasteiger partial charge in [0.1, 0.15) is 5.54 Å². The molecule has 0 radical (unpaired) electrons. The smallest absolute Gasteiger partial charge is 0.329 e. The molecule has 2 amide bonds. The van der Waals surface area contributed by atoms with Crippen molar-refractivity contribution in [1.29, 1.82) is 0 Å². The van der Waals surface area contributed by atoms with Gasteiger partial charge in [0.15, 0.2) is 0 Å². The van der Waals surface area contributed by atoms with Gasteiger partial charge in [0.25, 0.3) is 0 Å². The highest BCUT2D eigenvalue weighted by molar-refractivity contribution is 5.86. The molecule has 100 valence electrons. The molecule has 1 N–H and O–H groups in total. The van der Waals surface area contributed by atoms with Crippen LogP contribution in [0.5, 0.6) is 0 Å². The van der Waals surface area contributed by atoms with Crippen LogP contribution >= 0.6 is 0 Å². The van der Waals surface area contributed by atoms with Crippen LogP contribution in [0.15, 0.2) is 11.6 Å². The molecule has 0 aromatic carbocycles. The lowest BCUT2D eigenvalue weighted by Gasteiger charge is -2.36. The number of aliphatic carboxylic acids is 1. The van der Waals surface area contributed by atoms with Crippen LogP contribution in [0, 0.1) is 0 Å². The summed E-state index contributed by atoms with van der Waals surface area (Å²) in [6.45, 7) is 5.52. The predicted octanol–water partition coefficient (Wildman–Crippen LogP) is 1.70. The summed E-state index contributed by atoms with van der Waals surface area (Å²) < 4.78 is 0. The molecule has 1 unspecified atom stereocenters. The van der Waals surface area contributed by atoms with Gasteiger partial charge in [-0.25, -0.2) is 9.59 Å². The molecule has 5 heteroatoms. The van der Waals surface area contributed by atoms with Crippen LogP contribution in [0.3, 0.4) is 0 Å². The van der Waals surface area contributed by atoms with E-state index in [1.165, 1.54) is 10.5 Å². The van der Waals surface area contributed by atoms with Crippen molar-refractivity contribution in [3.63, 3.8) is 0 Å². The number of hydrogen-bond donors (Lipinski definition) is 1. The highest BCUT2D eigenvalue weighted by Gasteiger charge is 2.47. The third-order valence-electron chi connectivity index (χ3n) is 4.04. The number of urea groups is 1. The summed E-state index contributed by atoms with van der Waals surface area (Å²) in [7, 11) is 0. The number of carbonyl (C=O) groups is 2. The number of nitrogens with zero attached hydrogens (tertiary/aromatic N) is 2. The monoisotopic (exact) mass is 252 g/mol. The predicted molar refractivity (Wildman–Crippen MR) is 67.3 cm³/mol. The summed E-state index contributed by atoms with van der Waals surface area (Å²) in [5.74, 6) is -0.905. The molecule has 0 aromatic heterocycles. The molecule has 1 saturated heterocycles. The van der Waals surface area contributed by atoms with Gasteiger partial charge in [-0.05, 0) is 33.1 Å². The second-order valence-electron chi connectivity index (χ2n) is 5.36. The average Bonchev–Trinajstić information content (AvgIpc) is 2.73. The molecule has 5 nitrogen and oxygen atoms in total. The van der Waals surface area contributed by atoms with E-state index in [4.69, 9.17) is 0 Å². The van der Waals surface area contributed by atoms with Crippen molar-refractivity contribution in [2.24, 2.45) is 0 Å². The van der Waals surface area contributed by atoms with Gasteiger partial charge in [0, 0.05) is 19.6 Å². The quantitative estimate of drug-likeness (QED) is 0.722. The Labute approximate surface area is 107 Å². The summed E-state index contributed by atoms with van der Waals surface area (Å²) in [6, 6.07) is -0.138. The molecule has 2 aliphatic heterocycles. The van der Waals surface area contributed by atoms with Crippen molar-refractivity contribution >= 4 is 12.0 Å². The van der Waals surface area contributed by atoms with E-state index in [2.05, 4.69) is 6.92 Å². The van der Waals surface area contributed by atoms with Gasteiger partial charge in [-0.15, -0.1) is 0 Å². The lowest BCUT2D eigenvalue weighted by atomic mass is 9.99. The van der Waals surface area contributed by atoms with Crippen LogP contribution in [0.25, 0.3) is 0 Å². The first-order chi connectivity index (χ1) is 8.45. The van der Waals surface area contributed by atoms with E-state index < -0.39 is 11.5 Å². The molecule has 0 bridgehead atoms. The molecule has 0 saturated carbocycles. The van der Waals surface area contributed by atoms with Crippen molar-refractivity contribution in [2.45, 2.75) is 38.6 Å². The molecule has 2 heterocycles. The topological polar surface area (TPSA) is 60.9 Å². The van der Waals surface area contributed by atoms with Crippen molar-refractivity contribution < 1.29 is 14.7 Å². The van der Waals surface area contributed by atoms with Crippen LogP contribution in [-0.2, 0) is 4.79 Å². The number of carboxylic acids is 1. The van der Waals surface area contributed by atoms with Crippen molar-refractivity contribution in [1.82, 2.24) is 9.80 Å². The van der Waals surface area contributed by atoms with Crippen LogP contribution in [-0.4, -0.2) is 52.1 Å². The number of hydrogen-bond acceptors (Lipinski definition) is 2. The van der Waals surface area contributed by atoms with Crippen LogP contribution in [0.2, 0.25) is 0 Å². The average molecular weight is 252 g/mol. The zero-order chi connectivity index (χ0) is 13.3. The number of likely N-dealkylation sites (tertiary alicyclic amines) is 1. The van der Waals surface area contributed by atoms with Gasteiger partial charge in [0.05, 0.1) is 0 Å². The molecular weight excluding hydrogens is 232 g/mol. The van der Waals surface area contributed by atoms with Crippen molar-refractivity contribution in [3.8, 4) is 0 Å². The van der Waals surface area contributed by atoms with Crippen LogP contribution in [0.4, 0.5) is 4.79 Å². The van der Waals surface area contributed by atoms with Crippen molar-refractivity contribution in [3.05, 3.63) is 11.6 Å². The SMILES string of the molecule is CC1=CCN(C(=O)N2CCCC2(C)C(=O)O)CC1. The first-order valence-electron chi connectivity index (χ1n) is 6.41. The van der Waals surface area contributed by atoms with E-state index in [0.717, 1.165) is 12.8 Å². The fraction of sp³-hybridized carbons (Fsp3) is 0.692. The zero-order valence-corrected chi connectivity index (χ0v) is 11.0. The summed E-state index contributed by atoms with van der Waals surface area (Å²) in [6.07, 6.45) is 4.22. The van der Waals surface area contributed by atoms with E-state index in [-0.39, 0.29) is 6.03 Å². The van der Waals surface area contributed by atoms with E-state index >= 15 is 0 Å². The standard InChI is InChI=1S/C13H20N2O3/c1-10-4-8-14(9-5-10)12(18)15-7-3-6-13(15,2)11(16)17/h4H,3,5-9H2,1-2H3,(H,16,17). The Hall–Kier alpha value is -1.52. The number of carbonyl (C=O) groups excluding carboxylic acids is 1. The Morgan fingerprint density at radius 3 is 2.67 bits per heavy atom. The molecule has 1 fully saturated rings. The largest absolute Gasteiger partial charge is 0.480 e. The minimum absolute atomic E-state index is 0.138. The van der Waals surface area contributed by atoms with Crippen molar-refractivity contribution in [2.75, 3.05) is 19.6 Å². The van der Waals surface area contributed by atoms with E-state index in [1.807, 2.05) is 6.08 Å². The second kappa shape index (κ2) is 4.63. The lowest BCUT2D eigenvalue weighted by molar-refractivity contribution is -0.147. The number of rotatable bonds is 1. The Bertz CT molecular complexity index is 405. The summed E-state index contributed by atoms with van der Waals surface area (Å²) >= 11 is 0. The van der Waals surface area contributed by atoms with Crippen LogP contribution < -0.4 is 0 Å². The Kier molecular flexibility index (Phi) is 3.32. The Morgan fingerprint density at radius 1 is 1.39 bits per heavy atom. The highest BCUT2D eigenvalue weighted by atomic mass is 16.4. The number of amides is 2.